The molecule has 0 bridgehead atoms. The van der Waals surface area contributed by atoms with Crippen molar-refractivity contribution in [3.05, 3.63) is 59.7 Å². The minimum atomic E-state index is -1.05. The van der Waals surface area contributed by atoms with Crippen LogP contribution < -0.4 is 9.47 Å². The molecule has 0 saturated heterocycles. The standard InChI is InChI=1S/C18H16Br2O4/c19-11-9-13-1-5-15(6-2-13)23-17(21)18(22)24-16-7-3-14(4-8-16)10-12-20/h1-8H,9-12H2. The lowest BCUT2D eigenvalue weighted by Crippen LogP contribution is -2.25. The Balaban J connectivity index is 1.90. The van der Waals surface area contributed by atoms with E-state index < -0.39 is 11.9 Å². The van der Waals surface area contributed by atoms with Crippen LogP contribution in [-0.2, 0) is 22.4 Å². The lowest BCUT2D eigenvalue weighted by molar-refractivity contribution is -0.156. The zero-order chi connectivity index (χ0) is 17.4. The summed E-state index contributed by atoms with van der Waals surface area (Å²) in [6.07, 6.45) is 1.75. The lowest BCUT2D eigenvalue weighted by Gasteiger charge is -2.06. The van der Waals surface area contributed by atoms with Gasteiger partial charge in [-0.3, -0.25) is 0 Å². The van der Waals surface area contributed by atoms with Crippen LogP contribution in [0, 0.1) is 0 Å². The number of alkyl halides is 2. The molecule has 0 aliphatic heterocycles. The van der Waals surface area contributed by atoms with Gasteiger partial charge in [-0.05, 0) is 48.2 Å². The maximum absolute atomic E-state index is 11.8. The fourth-order valence-electron chi connectivity index (χ4n) is 1.96. The lowest BCUT2D eigenvalue weighted by atomic mass is 10.2. The van der Waals surface area contributed by atoms with Crippen LogP contribution in [0.2, 0.25) is 0 Å². The highest BCUT2D eigenvalue weighted by Crippen LogP contribution is 2.16. The van der Waals surface area contributed by atoms with E-state index in [0.29, 0.717) is 11.5 Å². The summed E-state index contributed by atoms with van der Waals surface area (Å²) in [7, 11) is 0. The molecule has 4 nitrogen and oxygen atoms in total. The number of hydrogen-bond donors (Lipinski definition) is 0. The van der Waals surface area contributed by atoms with Gasteiger partial charge in [-0.15, -0.1) is 0 Å². The number of carbonyl (C=O) groups is 2. The van der Waals surface area contributed by atoms with E-state index in [9.17, 15) is 9.59 Å². The van der Waals surface area contributed by atoms with Gasteiger partial charge in [0.15, 0.2) is 0 Å². The van der Waals surface area contributed by atoms with Gasteiger partial charge in [0.1, 0.15) is 11.5 Å². The second-order valence-electron chi connectivity index (χ2n) is 4.94. The van der Waals surface area contributed by atoms with Gasteiger partial charge >= 0.3 is 11.9 Å². The molecule has 0 aliphatic carbocycles. The van der Waals surface area contributed by atoms with Crippen molar-refractivity contribution >= 4 is 43.8 Å². The highest BCUT2D eigenvalue weighted by atomic mass is 79.9. The predicted octanol–water partition coefficient (Wildman–Crippen LogP) is 4.07. The third-order valence-corrected chi connectivity index (χ3v) is 3.99. The van der Waals surface area contributed by atoms with Crippen molar-refractivity contribution in [2.75, 3.05) is 10.7 Å². The topological polar surface area (TPSA) is 52.6 Å². The maximum Gasteiger partial charge on any atom is 0.423 e. The number of benzene rings is 2. The minimum absolute atomic E-state index is 0.308. The highest BCUT2D eigenvalue weighted by molar-refractivity contribution is 9.09. The Hall–Kier alpha value is -1.66. The van der Waals surface area contributed by atoms with Crippen LogP contribution in [0.1, 0.15) is 11.1 Å². The zero-order valence-corrected chi connectivity index (χ0v) is 16.0. The molecule has 0 N–H and O–H groups in total. The summed E-state index contributed by atoms with van der Waals surface area (Å²) in [5.41, 5.74) is 2.22. The van der Waals surface area contributed by atoms with Gasteiger partial charge in [0, 0.05) is 10.7 Å². The molecule has 126 valence electrons. The maximum atomic E-state index is 11.8. The Bertz CT molecular complexity index is 620. The van der Waals surface area contributed by atoms with E-state index in [4.69, 9.17) is 9.47 Å². The summed E-state index contributed by atoms with van der Waals surface area (Å²) in [6, 6.07) is 14.0. The molecule has 0 aliphatic rings. The molecule has 0 atom stereocenters. The molecular weight excluding hydrogens is 440 g/mol. The first-order valence-electron chi connectivity index (χ1n) is 7.36. The molecule has 24 heavy (non-hydrogen) atoms. The van der Waals surface area contributed by atoms with E-state index in [0.717, 1.165) is 34.6 Å². The molecule has 6 heteroatoms. The predicted molar refractivity (Wildman–Crippen MR) is 99.2 cm³/mol. The van der Waals surface area contributed by atoms with E-state index in [2.05, 4.69) is 31.9 Å². The number of ether oxygens (including phenoxy) is 2. The highest BCUT2D eigenvalue weighted by Gasteiger charge is 2.19. The number of carbonyl (C=O) groups excluding carboxylic acids is 2. The second-order valence-corrected chi connectivity index (χ2v) is 6.53. The van der Waals surface area contributed by atoms with Gasteiger partial charge in [0.25, 0.3) is 0 Å². The Morgan fingerprint density at radius 2 is 1.00 bits per heavy atom. The zero-order valence-electron chi connectivity index (χ0n) is 12.8. The normalized spacial score (nSPS) is 10.2. The van der Waals surface area contributed by atoms with Crippen LogP contribution >= 0.6 is 31.9 Å². The molecular formula is C18H16Br2O4. The molecule has 0 heterocycles. The van der Waals surface area contributed by atoms with Gasteiger partial charge in [0.05, 0.1) is 0 Å². The SMILES string of the molecule is O=C(Oc1ccc(CCBr)cc1)C(=O)Oc1ccc(CCBr)cc1. The molecule has 2 aromatic carbocycles. The van der Waals surface area contributed by atoms with E-state index in [1.165, 1.54) is 0 Å². The van der Waals surface area contributed by atoms with E-state index >= 15 is 0 Å². The molecule has 0 spiro atoms. The average molecular weight is 456 g/mol. The largest absolute Gasteiger partial charge is 0.423 e. The number of halogens is 2. The first-order chi connectivity index (χ1) is 11.6. The summed E-state index contributed by atoms with van der Waals surface area (Å²) in [4.78, 5) is 23.6. The van der Waals surface area contributed by atoms with Gasteiger partial charge in [0.2, 0.25) is 0 Å². The van der Waals surface area contributed by atoms with Gasteiger partial charge in [-0.1, -0.05) is 56.1 Å². The minimum Gasteiger partial charge on any atom is -0.418 e. The number of esters is 2. The Kier molecular flexibility index (Phi) is 7.46. The van der Waals surface area contributed by atoms with Crippen molar-refractivity contribution < 1.29 is 19.1 Å². The summed E-state index contributed by atoms with van der Waals surface area (Å²) in [5, 5.41) is 1.71. The van der Waals surface area contributed by atoms with Crippen LogP contribution in [-0.4, -0.2) is 22.6 Å². The fraction of sp³-hybridized carbons (Fsp3) is 0.222. The Morgan fingerprint density at radius 1 is 0.667 bits per heavy atom. The first-order valence-corrected chi connectivity index (χ1v) is 9.60. The molecule has 0 saturated carbocycles. The molecule has 0 aromatic heterocycles. The fourth-order valence-corrected chi connectivity index (χ4v) is 2.88. The Morgan fingerprint density at radius 3 is 1.29 bits per heavy atom. The molecule has 2 aromatic rings. The van der Waals surface area contributed by atoms with Crippen molar-refractivity contribution in [3.63, 3.8) is 0 Å². The third-order valence-electron chi connectivity index (χ3n) is 3.20. The van der Waals surface area contributed by atoms with Crippen molar-refractivity contribution in [2.24, 2.45) is 0 Å². The van der Waals surface area contributed by atoms with Gasteiger partial charge in [-0.25, -0.2) is 9.59 Å². The average Bonchev–Trinajstić information content (AvgIpc) is 2.59. The van der Waals surface area contributed by atoms with Gasteiger partial charge < -0.3 is 9.47 Å². The summed E-state index contributed by atoms with van der Waals surface area (Å²) < 4.78 is 10.0. The van der Waals surface area contributed by atoms with Crippen molar-refractivity contribution in [3.8, 4) is 11.5 Å². The van der Waals surface area contributed by atoms with E-state index in [-0.39, 0.29) is 0 Å². The molecule has 0 amide bonds. The monoisotopic (exact) mass is 454 g/mol. The second kappa shape index (κ2) is 9.59. The number of rotatable bonds is 6. The van der Waals surface area contributed by atoms with Gasteiger partial charge in [-0.2, -0.15) is 0 Å². The quantitative estimate of drug-likeness (QED) is 0.285. The summed E-state index contributed by atoms with van der Waals surface area (Å²) >= 11 is 6.72. The smallest absolute Gasteiger partial charge is 0.418 e. The van der Waals surface area contributed by atoms with Crippen LogP contribution in [0.4, 0.5) is 0 Å². The number of aryl methyl sites for hydroxylation is 2. The summed E-state index contributed by atoms with van der Waals surface area (Å²) in [6.45, 7) is 0. The van der Waals surface area contributed by atoms with Crippen LogP contribution in [0.25, 0.3) is 0 Å². The van der Waals surface area contributed by atoms with Crippen molar-refractivity contribution in [2.45, 2.75) is 12.8 Å². The molecule has 0 fully saturated rings. The van der Waals surface area contributed by atoms with Crippen LogP contribution in [0.3, 0.4) is 0 Å². The molecule has 0 radical (unpaired) electrons. The van der Waals surface area contributed by atoms with E-state index in [1.807, 2.05) is 24.3 Å². The number of hydrogen-bond acceptors (Lipinski definition) is 4. The van der Waals surface area contributed by atoms with Crippen LogP contribution in [0.15, 0.2) is 48.5 Å². The first kappa shape index (κ1) is 18.7. The molecule has 0 unspecified atom stereocenters. The van der Waals surface area contributed by atoms with Crippen molar-refractivity contribution in [1.82, 2.24) is 0 Å². The Labute approximate surface area is 157 Å². The van der Waals surface area contributed by atoms with E-state index in [1.54, 1.807) is 24.3 Å². The van der Waals surface area contributed by atoms with Crippen molar-refractivity contribution in [1.29, 1.82) is 0 Å². The van der Waals surface area contributed by atoms with Crippen LogP contribution in [0.5, 0.6) is 11.5 Å². The third kappa shape index (κ3) is 5.76. The summed E-state index contributed by atoms with van der Waals surface area (Å²) in [5.74, 6) is -1.48. The molecule has 2 rings (SSSR count).